The number of rotatable bonds is 4. The highest BCUT2D eigenvalue weighted by molar-refractivity contribution is 5.78. The molecule has 0 spiro atoms. The molecule has 0 aromatic carbocycles. The molecule has 88 valence electrons. The van der Waals surface area contributed by atoms with Crippen molar-refractivity contribution in [3.63, 3.8) is 0 Å². The van der Waals surface area contributed by atoms with Crippen LogP contribution in [0.1, 0.15) is 12.8 Å². The SMILES string of the molecule is CN(C)CC(=O)NCC1(O)CCOCC1. The van der Waals surface area contributed by atoms with Gasteiger partial charge in [0.05, 0.1) is 12.1 Å². The molecule has 0 saturated carbocycles. The van der Waals surface area contributed by atoms with Gasteiger partial charge in [-0.2, -0.15) is 0 Å². The zero-order valence-electron chi connectivity index (χ0n) is 9.45. The van der Waals surface area contributed by atoms with Crippen molar-refractivity contribution in [1.29, 1.82) is 0 Å². The van der Waals surface area contributed by atoms with Crippen molar-refractivity contribution in [3.8, 4) is 0 Å². The van der Waals surface area contributed by atoms with Crippen LogP contribution in [0.5, 0.6) is 0 Å². The van der Waals surface area contributed by atoms with Gasteiger partial charge in [-0.25, -0.2) is 0 Å². The molecule has 1 rings (SSSR count). The number of aliphatic hydroxyl groups is 1. The van der Waals surface area contributed by atoms with E-state index in [2.05, 4.69) is 5.32 Å². The summed E-state index contributed by atoms with van der Waals surface area (Å²) in [6, 6.07) is 0. The molecule has 0 bridgehead atoms. The van der Waals surface area contributed by atoms with Crippen LogP contribution in [0.3, 0.4) is 0 Å². The first kappa shape index (κ1) is 12.4. The van der Waals surface area contributed by atoms with Gasteiger partial charge in [-0.15, -0.1) is 0 Å². The molecule has 5 nitrogen and oxygen atoms in total. The summed E-state index contributed by atoms with van der Waals surface area (Å²) in [5, 5.41) is 12.8. The lowest BCUT2D eigenvalue weighted by Crippen LogP contribution is -2.48. The van der Waals surface area contributed by atoms with Crippen LogP contribution in [0.4, 0.5) is 0 Å². The number of likely N-dealkylation sites (N-methyl/N-ethyl adjacent to an activating group) is 1. The zero-order chi connectivity index (χ0) is 11.3. The smallest absolute Gasteiger partial charge is 0.234 e. The van der Waals surface area contributed by atoms with Gasteiger partial charge in [0.2, 0.25) is 5.91 Å². The van der Waals surface area contributed by atoms with Crippen LogP contribution >= 0.6 is 0 Å². The number of amides is 1. The molecule has 1 fully saturated rings. The Morgan fingerprint density at radius 2 is 2.07 bits per heavy atom. The number of carbonyl (C=O) groups is 1. The molecular formula is C10H20N2O3. The Balaban J connectivity index is 2.25. The van der Waals surface area contributed by atoms with E-state index in [-0.39, 0.29) is 5.91 Å². The van der Waals surface area contributed by atoms with Gasteiger partial charge in [-0.1, -0.05) is 0 Å². The summed E-state index contributed by atoms with van der Waals surface area (Å²) in [7, 11) is 3.67. The van der Waals surface area contributed by atoms with Gasteiger partial charge in [0.15, 0.2) is 0 Å². The first-order valence-electron chi connectivity index (χ1n) is 5.23. The van der Waals surface area contributed by atoms with Crippen LogP contribution in [-0.2, 0) is 9.53 Å². The molecule has 1 amide bonds. The Hall–Kier alpha value is -0.650. The Kier molecular flexibility index (Phi) is 4.50. The normalized spacial score (nSPS) is 20.3. The standard InChI is InChI=1S/C10H20N2O3/c1-12(2)7-9(13)11-8-10(14)3-5-15-6-4-10/h14H,3-8H2,1-2H3,(H,11,13). The molecule has 0 aliphatic carbocycles. The predicted molar refractivity (Wildman–Crippen MR) is 56.6 cm³/mol. The maximum atomic E-state index is 11.3. The second-order valence-corrected chi connectivity index (χ2v) is 4.35. The highest BCUT2D eigenvalue weighted by Crippen LogP contribution is 2.18. The summed E-state index contributed by atoms with van der Waals surface area (Å²) in [5.41, 5.74) is -0.778. The topological polar surface area (TPSA) is 61.8 Å². The summed E-state index contributed by atoms with van der Waals surface area (Å²) < 4.78 is 5.16. The highest BCUT2D eigenvalue weighted by atomic mass is 16.5. The number of ether oxygens (including phenoxy) is 1. The van der Waals surface area contributed by atoms with Crippen molar-refractivity contribution in [3.05, 3.63) is 0 Å². The molecule has 15 heavy (non-hydrogen) atoms. The van der Waals surface area contributed by atoms with Crippen molar-refractivity contribution in [1.82, 2.24) is 10.2 Å². The number of nitrogens with one attached hydrogen (secondary N) is 1. The fourth-order valence-electron chi connectivity index (χ4n) is 1.53. The van der Waals surface area contributed by atoms with E-state index in [0.29, 0.717) is 39.1 Å². The van der Waals surface area contributed by atoms with Crippen LogP contribution in [0, 0.1) is 0 Å². The van der Waals surface area contributed by atoms with Gasteiger partial charge in [-0.3, -0.25) is 4.79 Å². The Bertz CT molecular complexity index is 213. The minimum atomic E-state index is -0.778. The van der Waals surface area contributed by atoms with Gasteiger partial charge in [0.25, 0.3) is 0 Å². The Morgan fingerprint density at radius 1 is 1.47 bits per heavy atom. The van der Waals surface area contributed by atoms with E-state index in [9.17, 15) is 9.90 Å². The van der Waals surface area contributed by atoms with Crippen molar-refractivity contribution in [2.24, 2.45) is 0 Å². The Labute approximate surface area is 90.4 Å². The summed E-state index contributed by atoms with van der Waals surface area (Å²) in [4.78, 5) is 13.1. The maximum absolute atomic E-state index is 11.3. The summed E-state index contributed by atoms with van der Waals surface area (Å²) >= 11 is 0. The second kappa shape index (κ2) is 5.44. The molecule has 0 aromatic heterocycles. The summed E-state index contributed by atoms with van der Waals surface area (Å²) in [6.45, 7) is 1.82. The molecule has 5 heteroatoms. The predicted octanol–water partition coefficient (Wildman–Crippen LogP) is -0.794. The van der Waals surface area contributed by atoms with Gasteiger partial charge in [0.1, 0.15) is 0 Å². The lowest BCUT2D eigenvalue weighted by atomic mass is 9.94. The van der Waals surface area contributed by atoms with Crippen LogP contribution in [0.15, 0.2) is 0 Å². The van der Waals surface area contributed by atoms with Crippen molar-refractivity contribution >= 4 is 5.91 Å². The first-order valence-corrected chi connectivity index (χ1v) is 5.23. The number of hydrogen-bond acceptors (Lipinski definition) is 4. The maximum Gasteiger partial charge on any atom is 0.234 e. The minimum Gasteiger partial charge on any atom is -0.388 e. The molecule has 1 heterocycles. The molecular weight excluding hydrogens is 196 g/mol. The fraction of sp³-hybridized carbons (Fsp3) is 0.900. The molecule has 0 aromatic rings. The molecule has 0 atom stereocenters. The van der Waals surface area contributed by atoms with Crippen LogP contribution in [0.25, 0.3) is 0 Å². The van der Waals surface area contributed by atoms with E-state index >= 15 is 0 Å². The minimum absolute atomic E-state index is 0.0556. The molecule has 1 aliphatic heterocycles. The first-order chi connectivity index (χ1) is 7.02. The van der Waals surface area contributed by atoms with E-state index in [4.69, 9.17) is 4.74 Å². The molecule has 0 radical (unpaired) electrons. The fourth-order valence-corrected chi connectivity index (χ4v) is 1.53. The third-order valence-electron chi connectivity index (χ3n) is 2.50. The average molecular weight is 216 g/mol. The van der Waals surface area contributed by atoms with Gasteiger partial charge < -0.3 is 20.1 Å². The Morgan fingerprint density at radius 3 is 2.60 bits per heavy atom. The number of hydrogen-bond donors (Lipinski definition) is 2. The van der Waals surface area contributed by atoms with Crippen LogP contribution < -0.4 is 5.32 Å². The van der Waals surface area contributed by atoms with Crippen LogP contribution in [-0.4, -0.2) is 61.9 Å². The molecule has 1 aliphatic rings. The van der Waals surface area contributed by atoms with E-state index in [1.807, 2.05) is 14.1 Å². The van der Waals surface area contributed by atoms with E-state index in [0.717, 1.165) is 0 Å². The van der Waals surface area contributed by atoms with E-state index in [1.54, 1.807) is 4.90 Å². The zero-order valence-corrected chi connectivity index (χ0v) is 9.45. The van der Waals surface area contributed by atoms with E-state index in [1.165, 1.54) is 0 Å². The average Bonchev–Trinajstić information content (AvgIpc) is 2.15. The van der Waals surface area contributed by atoms with Crippen LogP contribution in [0.2, 0.25) is 0 Å². The number of carbonyl (C=O) groups excluding carboxylic acids is 1. The van der Waals surface area contributed by atoms with Crippen molar-refractivity contribution in [2.45, 2.75) is 18.4 Å². The monoisotopic (exact) mass is 216 g/mol. The van der Waals surface area contributed by atoms with Crippen molar-refractivity contribution in [2.75, 3.05) is 40.4 Å². The highest BCUT2D eigenvalue weighted by Gasteiger charge is 2.29. The van der Waals surface area contributed by atoms with Gasteiger partial charge in [-0.05, 0) is 14.1 Å². The summed E-state index contributed by atoms with van der Waals surface area (Å²) in [6.07, 6.45) is 1.19. The number of nitrogens with zero attached hydrogens (tertiary/aromatic N) is 1. The third kappa shape index (κ3) is 4.59. The third-order valence-corrected chi connectivity index (χ3v) is 2.50. The quantitative estimate of drug-likeness (QED) is 0.646. The van der Waals surface area contributed by atoms with Gasteiger partial charge in [0, 0.05) is 32.6 Å². The summed E-state index contributed by atoms with van der Waals surface area (Å²) in [5.74, 6) is -0.0556. The molecule has 0 unspecified atom stereocenters. The molecule has 2 N–H and O–H groups in total. The lowest BCUT2D eigenvalue weighted by Gasteiger charge is -2.32. The van der Waals surface area contributed by atoms with E-state index < -0.39 is 5.60 Å². The second-order valence-electron chi connectivity index (χ2n) is 4.35. The molecule has 1 saturated heterocycles. The largest absolute Gasteiger partial charge is 0.388 e. The lowest BCUT2D eigenvalue weighted by molar-refractivity contribution is -0.124. The van der Waals surface area contributed by atoms with Crippen molar-refractivity contribution < 1.29 is 14.6 Å². The van der Waals surface area contributed by atoms with Gasteiger partial charge >= 0.3 is 0 Å².